The van der Waals surface area contributed by atoms with Crippen molar-refractivity contribution in [3.63, 3.8) is 0 Å². The van der Waals surface area contributed by atoms with Gasteiger partial charge in [0.2, 0.25) is 10.0 Å². The largest absolute Gasteiger partial charge is 0.243 e. The number of rotatable bonds is 3. The van der Waals surface area contributed by atoms with E-state index in [0.717, 1.165) is 12.8 Å². The van der Waals surface area contributed by atoms with Crippen molar-refractivity contribution in [1.82, 2.24) is 9.71 Å². The summed E-state index contributed by atoms with van der Waals surface area (Å²) in [7, 11) is -3.54. The molecular weight excluding hydrogens is 308 g/mol. The molecule has 2 bridgehead atoms. The summed E-state index contributed by atoms with van der Waals surface area (Å²) in [5, 5.41) is 0.293. The minimum atomic E-state index is -3.54. The molecule has 0 radical (unpaired) electrons. The van der Waals surface area contributed by atoms with Gasteiger partial charge in [-0.2, -0.15) is 0 Å². The molecule has 0 spiro atoms. The Balaban J connectivity index is 1.86. The minimum Gasteiger partial charge on any atom is -0.243 e. The second kappa shape index (κ2) is 4.67. The van der Waals surface area contributed by atoms with E-state index in [2.05, 4.69) is 30.5 Å². The van der Waals surface area contributed by atoms with Crippen LogP contribution < -0.4 is 4.72 Å². The standard InChI is InChI=1S/C15H21ClN2O2S/c1-14(2)10-6-7-15(14,3)12(8-10)18-21(19,20)11-4-5-13(16)17-9-11/h4-5,9-10,12,18H,6-8H2,1-3H3. The number of hydrogen-bond donors (Lipinski definition) is 1. The van der Waals surface area contributed by atoms with Gasteiger partial charge in [-0.1, -0.05) is 32.4 Å². The number of nitrogens with one attached hydrogen (secondary N) is 1. The van der Waals surface area contributed by atoms with Gasteiger partial charge in [0.25, 0.3) is 0 Å². The Labute approximate surface area is 131 Å². The average Bonchev–Trinajstić information content (AvgIpc) is 2.72. The third-order valence-electron chi connectivity index (χ3n) is 6.10. The summed E-state index contributed by atoms with van der Waals surface area (Å²) in [5.74, 6) is 0.596. The molecule has 0 aliphatic heterocycles. The van der Waals surface area contributed by atoms with Crippen LogP contribution in [0.4, 0.5) is 0 Å². The molecule has 2 aliphatic rings. The second-order valence-corrected chi connectivity index (χ2v) is 9.20. The smallest absolute Gasteiger partial charge is 0.242 e. The van der Waals surface area contributed by atoms with Gasteiger partial charge in [0.15, 0.2) is 0 Å². The number of fused-ring (bicyclic) bond motifs is 2. The Morgan fingerprint density at radius 2 is 2.05 bits per heavy atom. The summed E-state index contributed by atoms with van der Waals surface area (Å²) in [4.78, 5) is 4.04. The number of nitrogens with zero attached hydrogens (tertiary/aromatic N) is 1. The number of aromatic nitrogens is 1. The van der Waals surface area contributed by atoms with E-state index in [4.69, 9.17) is 11.6 Å². The Morgan fingerprint density at radius 3 is 2.52 bits per heavy atom. The molecule has 0 aromatic carbocycles. The molecular formula is C15H21ClN2O2S. The Bertz CT molecular complexity index is 657. The van der Waals surface area contributed by atoms with E-state index >= 15 is 0 Å². The van der Waals surface area contributed by atoms with E-state index < -0.39 is 10.0 Å². The molecule has 21 heavy (non-hydrogen) atoms. The number of halogens is 1. The van der Waals surface area contributed by atoms with Gasteiger partial charge in [-0.3, -0.25) is 0 Å². The minimum absolute atomic E-state index is 0.00747. The predicted molar refractivity (Wildman–Crippen MR) is 82.6 cm³/mol. The Morgan fingerprint density at radius 1 is 1.33 bits per heavy atom. The fourth-order valence-corrected chi connectivity index (χ4v) is 5.58. The highest BCUT2D eigenvalue weighted by Gasteiger charge is 2.61. The lowest BCUT2D eigenvalue weighted by atomic mass is 9.69. The first-order valence-corrected chi connectivity index (χ1v) is 9.17. The van der Waals surface area contributed by atoms with Gasteiger partial charge in [0.1, 0.15) is 10.0 Å². The van der Waals surface area contributed by atoms with Gasteiger partial charge in [0.05, 0.1) is 0 Å². The molecule has 3 atom stereocenters. The molecule has 1 aromatic heterocycles. The maximum Gasteiger partial charge on any atom is 0.242 e. The first kappa shape index (κ1) is 15.3. The molecule has 1 N–H and O–H groups in total. The van der Waals surface area contributed by atoms with Crippen LogP contribution in [-0.2, 0) is 10.0 Å². The lowest BCUT2D eigenvalue weighted by Crippen LogP contribution is -2.46. The maximum absolute atomic E-state index is 12.5. The summed E-state index contributed by atoms with van der Waals surface area (Å²) in [6.45, 7) is 6.75. The van der Waals surface area contributed by atoms with Gasteiger partial charge >= 0.3 is 0 Å². The lowest BCUT2D eigenvalue weighted by molar-refractivity contribution is 0.130. The zero-order valence-corrected chi connectivity index (χ0v) is 14.1. The zero-order valence-electron chi connectivity index (χ0n) is 12.6. The van der Waals surface area contributed by atoms with Crippen LogP contribution >= 0.6 is 11.6 Å². The molecule has 0 saturated heterocycles. The van der Waals surface area contributed by atoms with E-state index in [1.807, 2.05) is 0 Å². The van der Waals surface area contributed by atoms with Crippen LogP contribution in [-0.4, -0.2) is 19.4 Å². The molecule has 2 fully saturated rings. The van der Waals surface area contributed by atoms with Crippen LogP contribution in [0.1, 0.15) is 40.0 Å². The van der Waals surface area contributed by atoms with Crippen molar-refractivity contribution in [3.05, 3.63) is 23.5 Å². The van der Waals surface area contributed by atoms with Crippen molar-refractivity contribution in [3.8, 4) is 0 Å². The quantitative estimate of drug-likeness (QED) is 0.867. The SMILES string of the molecule is CC1(C)C2CCC1(C)C(NS(=O)(=O)c1ccc(Cl)nc1)C2. The van der Waals surface area contributed by atoms with E-state index in [1.165, 1.54) is 24.8 Å². The summed E-state index contributed by atoms with van der Waals surface area (Å²) in [6, 6.07) is 2.99. The highest BCUT2D eigenvalue weighted by atomic mass is 35.5. The Hall–Kier alpha value is -0.650. The summed E-state index contributed by atoms with van der Waals surface area (Å²) < 4.78 is 28.0. The average molecular weight is 329 g/mol. The normalized spacial score (nSPS) is 34.3. The number of sulfonamides is 1. The topological polar surface area (TPSA) is 59.1 Å². The van der Waals surface area contributed by atoms with Gasteiger partial charge in [-0.05, 0) is 48.1 Å². The van der Waals surface area contributed by atoms with Crippen LogP contribution in [0.3, 0.4) is 0 Å². The first-order valence-electron chi connectivity index (χ1n) is 7.31. The molecule has 116 valence electrons. The second-order valence-electron chi connectivity index (χ2n) is 7.10. The molecule has 1 aromatic rings. The third-order valence-corrected chi connectivity index (χ3v) is 7.78. The van der Waals surface area contributed by atoms with Crippen LogP contribution in [0.2, 0.25) is 5.15 Å². The lowest BCUT2D eigenvalue weighted by Gasteiger charge is -2.39. The molecule has 2 aliphatic carbocycles. The monoisotopic (exact) mass is 328 g/mol. The van der Waals surface area contributed by atoms with Crippen molar-refractivity contribution >= 4 is 21.6 Å². The summed E-state index contributed by atoms with van der Waals surface area (Å²) in [5.41, 5.74) is 0.197. The summed E-state index contributed by atoms with van der Waals surface area (Å²) in [6.07, 6.45) is 4.51. The summed E-state index contributed by atoms with van der Waals surface area (Å²) >= 11 is 5.72. The van der Waals surface area contributed by atoms with Crippen molar-refractivity contribution < 1.29 is 8.42 Å². The van der Waals surface area contributed by atoms with E-state index in [-0.39, 0.29) is 21.8 Å². The van der Waals surface area contributed by atoms with Crippen LogP contribution in [0.15, 0.2) is 23.2 Å². The number of hydrogen-bond acceptors (Lipinski definition) is 3. The molecule has 3 rings (SSSR count). The first-order chi connectivity index (χ1) is 9.67. The van der Waals surface area contributed by atoms with Crippen molar-refractivity contribution in [1.29, 1.82) is 0 Å². The molecule has 2 saturated carbocycles. The van der Waals surface area contributed by atoms with Crippen LogP contribution in [0.25, 0.3) is 0 Å². The van der Waals surface area contributed by atoms with Gasteiger partial charge in [-0.25, -0.2) is 18.1 Å². The third kappa shape index (κ3) is 2.21. The van der Waals surface area contributed by atoms with Crippen LogP contribution in [0, 0.1) is 16.7 Å². The van der Waals surface area contributed by atoms with Crippen LogP contribution in [0.5, 0.6) is 0 Å². The van der Waals surface area contributed by atoms with Crippen molar-refractivity contribution in [2.24, 2.45) is 16.7 Å². The zero-order chi connectivity index (χ0) is 15.5. The molecule has 1 heterocycles. The van der Waals surface area contributed by atoms with Gasteiger partial charge < -0.3 is 0 Å². The fourth-order valence-electron chi connectivity index (χ4n) is 4.16. The number of pyridine rings is 1. The van der Waals surface area contributed by atoms with E-state index in [0.29, 0.717) is 11.1 Å². The maximum atomic E-state index is 12.5. The molecule has 4 nitrogen and oxygen atoms in total. The molecule has 3 unspecified atom stereocenters. The highest BCUT2D eigenvalue weighted by Crippen LogP contribution is 2.65. The fraction of sp³-hybridized carbons (Fsp3) is 0.667. The predicted octanol–water partition coefficient (Wildman–Crippen LogP) is 3.23. The molecule has 0 amide bonds. The van der Waals surface area contributed by atoms with E-state index in [1.54, 1.807) is 0 Å². The van der Waals surface area contributed by atoms with E-state index in [9.17, 15) is 8.42 Å². The van der Waals surface area contributed by atoms with Crippen molar-refractivity contribution in [2.75, 3.05) is 0 Å². The van der Waals surface area contributed by atoms with Gasteiger partial charge in [-0.15, -0.1) is 0 Å². The van der Waals surface area contributed by atoms with Gasteiger partial charge in [0, 0.05) is 12.2 Å². The van der Waals surface area contributed by atoms with Crippen molar-refractivity contribution in [2.45, 2.75) is 51.0 Å². The Kier molecular flexibility index (Phi) is 3.39. The highest BCUT2D eigenvalue weighted by molar-refractivity contribution is 7.89. The molecule has 6 heteroatoms.